The lowest BCUT2D eigenvalue weighted by Crippen LogP contribution is -2.39. The average molecular weight is 492 g/mol. The minimum absolute atomic E-state index is 0.348. The molecule has 3 aromatic carbocycles. The van der Waals surface area contributed by atoms with Gasteiger partial charge in [-0.05, 0) is 78.6 Å². The smallest absolute Gasteiger partial charge is 0.119 e. The zero-order chi connectivity index (χ0) is 24.5. The van der Waals surface area contributed by atoms with Crippen LogP contribution in [0.3, 0.4) is 0 Å². The third kappa shape index (κ3) is 7.57. The van der Waals surface area contributed by atoms with Gasteiger partial charge in [-0.15, -0.1) is 0 Å². The molecule has 4 rings (SSSR count). The third-order valence-corrected chi connectivity index (χ3v) is 7.25. The van der Waals surface area contributed by atoms with Gasteiger partial charge in [0, 0.05) is 24.2 Å². The van der Waals surface area contributed by atoms with Crippen LogP contribution in [0, 0.1) is 0 Å². The van der Waals surface area contributed by atoms with E-state index >= 15 is 0 Å². The number of aliphatic hydroxyl groups excluding tert-OH is 1. The van der Waals surface area contributed by atoms with Gasteiger partial charge in [0.25, 0.3) is 0 Å². The van der Waals surface area contributed by atoms with E-state index < -0.39 is 6.10 Å². The van der Waals surface area contributed by atoms with Crippen molar-refractivity contribution >= 4 is 11.6 Å². The van der Waals surface area contributed by atoms with E-state index in [-0.39, 0.29) is 0 Å². The molecule has 0 heterocycles. The molecule has 0 aliphatic heterocycles. The molecule has 0 aromatic heterocycles. The van der Waals surface area contributed by atoms with E-state index in [9.17, 15) is 5.11 Å². The van der Waals surface area contributed by atoms with E-state index in [0.717, 1.165) is 56.6 Å². The highest BCUT2D eigenvalue weighted by Crippen LogP contribution is 2.30. The van der Waals surface area contributed by atoms with Gasteiger partial charge >= 0.3 is 0 Å². The Morgan fingerprint density at radius 1 is 1.00 bits per heavy atom. The second-order valence-electron chi connectivity index (χ2n) is 9.72. The molecule has 3 aromatic rings. The Balaban J connectivity index is 1.53. The highest BCUT2D eigenvalue weighted by atomic mass is 35.5. The van der Waals surface area contributed by atoms with Crippen molar-refractivity contribution in [3.63, 3.8) is 0 Å². The molecule has 2 unspecified atom stereocenters. The number of hydrogen-bond acceptors (Lipinski definition) is 3. The summed E-state index contributed by atoms with van der Waals surface area (Å²) in [5.74, 6) is 0.981. The monoisotopic (exact) mass is 491 g/mol. The van der Waals surface area contributed by atoms with Crippen LogP contribution >= 0.6 is 11.6 Å². The first kappa shape index (κ1) is 25.8. The lowest BCUT2D eigenvalue weighted by atomic mass is 9.99. The molecule has 35 heavy (non-hydrogen) atoms. The van der Waals surface area contributed by atoms with Crippen LogP contribution in [0.15, 0.2) is 72.8 Å². The first-order valence-corrected chi connectivity index (χ1v) is 13.5. The molecule has 2 atom stereocenters. The zero-order valence-corrected chi connectivity index (χ0v) is 21.6. The van der Waals surface area contributed by atoms with E-state index in [0.29, 0.717) is 17.6 Å². The highest BCUT2D eigenvalue weighted by molar-refractivity contribution is 6.30. The van der Waals surface area contributed by atoms with Crippen molar-refractivity contribution in [2.45, 2.75) is 70.6 Å². The van der Waals surface area contributed by atoms with Crippen molar-refractivity contribution in [3.05, 3.63) is 100 Å². The second-order valence-corrected chi connectivity index (χ2v) is 10.2. The van der Waals surface area contributed by atoms with Crippen molar-refractivity contribution in [2.24, 2.45) is 0 Å². The molecule has 1 N–H and O–H groups in total. The largest absolute Gasteiger partial charge is 0.494 e. The second kappa shape index (κ2) is 13.1. The quantitative estimate of drug-likeness (QED) is 0.224. The topological polar surface area (TPSA) is 32.7 Å². The van der Waals surface area contributed by atoms with Crippen molar-refractivity contribution in [1.29, 1.82) is 0 Å². The molecular formula is C31H38ClNO2. The Morgan fingerprint density at radius 2 is 1.86 bits per heavy atom. The molecule has 0 saturated carbocycles. The summed E-state index contributed by atoms with van der Waals surface area (Å²) in [6.07, 6.45) is 7.23. The lowest BCUT2D eigenvalue weighted by Gasteiger charge is -2.33. The van der Waals surface area contributed by atoms with Gasteiger partial charge in [0.2, 0.25) is 0 Å². The summed E-state index contributed by atoms with van der Waals surface area (Å²) < 4.78 is 6.07. The normalized spacial score (nSPS) is 16.5. The summed E-state index contributed by atoms with van der Waals surface area (Å²) in [6.45, 7) is 4.38. The van der Waals surface area contributed by atoms with Crippen LogP contribution in [0.5, 0.6) is 5.75 Å². The number of rotatable bonds is 11. The number of benzene rings is 3. The maximum atomic E-state index is 11.2. The lowest BCUT2D eigenvalue weighted by molar-refractivity contribution is 0.0778. The maximum Gasteiger partial charge on any atom is 0.119 e. The van der Waals surface area contributed by atoms with Crippen molar-refractivity contribution in [2.75, 3.05) is 13.2 Å². The molecule has 0 bridgehead atoms. The molecule has 0 amide bonds. The molecule has 0 fully saturated rings. The number of nitrogens with zero attached hydrogens (tertiary/aromatic N) is 1. The van der Waals surface area contributed by atoms with Crippen molar-refractivity contribution in [3.8, 4) is 5.75 Å². The highest BCUT2D eigenvalue weighted by Gasteiger charge is 2.26. The van der Waals surface area contributed by atoms with Crippen LogP contribution in [0.1, 0.15) is 67.4 Å². The van der Waals surface area contributed by atoms with Crippen LogP contribution in [0.2, 0.25) is 5.02 Å². The molecule has 3 nitrogen and oxygen atoms in total. The predicted octanol–water partition coefficient (Wildman–Crippen LogP) is 7.39. The van der Waals surface area contributed by atoms with Gasteiger partial charge in [0.15, 0.2) is 0 Å². The molecular weight excluding hydrogens is 454 g/mol. The van der Waals surface area contributed by atoms with Crippen LogP contribution in [0.4, 0.5) is 0 Å². The average Bonchev–Trinajstić information content (AvgIpc) is 3.09. The van der Waals surface area contributed by atoms with Gasteiger partial charge in [-0.25, -0.2) is 0 Å². The first-order valence-electron chi connectivity index (χ1n) is 13.1. The standard InChI is InChI=1S/C31H38ClNO2/c1-2-3-7-18-35-30-17-16-25-12-9-15-29(20-27(25)21-30)33(22-24-10-5-4-6-11-24)23-31(34)26-13-8-14-28(32)19-26/h4-6,8,10-11,13-14,16-17,19,21,29,31,34H,2-3,7,9,12,15,18,20,22-23H2,1H3. The maximum absolute atomic E-state index is 11.2. The minimum atomic E-state index is -0.589. The molecule has 4 heteroatoms. The summed E-state index contributed by atoms with van der Waals surface area (Å²) >= 11 is 6.21. The number of aryl methyl sites for hydroxylation is 1. The van der Waals surface area contributed by atoms with Gasteiger partial charge in [0.05, 0.1) is 12.7 Å². The Morgan fingerprint density at radius 3 is 2.66 bits per heavy atom. The van der Waals surface area contributed by atoms with E-state index in [4.69, 9.17) is 16.3 Å². The number of fused-ring (bicyclic) bond motifs is 1. The number of hydrogen-bond donors (Lipinski definition) is 1. The fourth-order valence-electron chi connectivity index (χ4n) is 5.07. The molecule has 0 saturated heterocycles. The summed E-state index contributed by atoms with van der Waals surface area (Å²) in [4.78, 5) is 2.46. The SMILES string of the molecule is CCCCCOc1ccc2c(c1)CC(N(Cc1ccccc1)CC(O)c1cccc(Cl)c1)CCC2. The van der Waals surface area contributed by atoms with Gasteiger partial charge < -0.3 is 9.84 Å². The number of unbranched alkanes of at least 4 members (excludes halogenated alkanes) is 2. The molecule has 0 spiro atoms. The minimum Gasteiger partial charge on any atom is -0.494 e. The van der Waals surface area contributed by atoms with Crippen molar-refractivity contribution < 1.29 is 9.84 Å². The van der Waals surface area contributed by atoms with E-state index in [2.05, 4.69) is 60.4 Å². The van der Waals surface area contributed by atoms with Crippen molar-refractivity contribution in [1.82, 2.24) is 4.90 Å². The summed E-state index contributed by atoms with van der Waals surface area (Å²) in [7, 11) is 0. The third-order valence-electron chi connectivity index (χ3n) is 7.02. The van der Waals surface area contributed by atoms with E-state index in [1.165, 1.54) is 29.5 Å². The predicted molar refractivity (Wildman–Crippen MR) is 145 cm³/mol. The van der Waals surface area contributed by atoms with Gasteiger partial charge in [-0.3, -0.25) is 4.90 Å². The first-order chi connectivity index (χ1) is 17.1. The summed E-state index contributed by atoms with van der Waals surface area (Å²) in [6, 6.07) is 25.2. The molecule has 1 aliphatic carbocycles. The van der Waals surface area contributed by atoms with Crippen LogP contribution in [-0.2, 0) is 19.4 Å². The molecule has 1 aliphatic rings. The molecule has 0 radical (unpaired) electrons. The number of halogens is 1. The number of ether oxygens (including phenoxy) is 1. The summed E-state index contributed by atoms with van der Waals surface area (Å²) in [5, 5.41) is 11.8. The molecule has 186 valence electrons. The van der Waals surface area contributed by atoms with Gasteiger partial charge in [-0.1, -0.05) is 79.9 Å². The Hall–Kier alpha value is -2.33. The van der Waals surface area contributed by atoms with Crippen LogP contribution in [-0.4, -0.2) is 29.2 Å². The van der Waals surface area contributed by atoms with E-state index in [1.54, 1.807) is 0 Å². The number of aliphatic hydroxyl groups is 1. The Labute approximate surface area is 215 Å². The summed E-state index contributed by atoms with van der Waals surface area (Å²) in [5.41, 5.74) is 4.95. The van der Waals surface area contributed by atoms with Crippen LogP contribution in [0.25, 0.3) is 0 Å². The van der Waals surface area contributed by atoms with Gasteiger partial charge in [0.1, 0.15) is 5.75 Å². The zero-order valence-electron chi connectivity index (χ0n) is 20.8. The fourth-order valence-corrected chi connectivity index (χ4v) is 5.26. The van der Waals surface area contributed by atoms with Crippen LogP contribution < -0.4 is 4.74 Å². The van der Waals surface area contributed by atoms with E-state index in [1.807, 2.05) is 24.3 Å². The Bertz CT molecular complexity index is 1050. The Kier molecular flexibility index (Phi) is 9.65. The van der Waals surface area contributed by atoms with Gasteiger partial charge in [-0.2, -0.15) is 0 Å². The fraction of sp³-hybridized carbons (Fsp3) is 0.419.